The quantitative estimate of drug-likeness (QED) is 0.311. The fourth-order valence-electron chi connectivity index (χ4n) is 3.40. The first-order valence-electron chi connectivity index (χ1n) is 11.3. The lowest BCUT2D eigenvalue weighted by molar-refractivity contribution is -0.127. The van der Waals surface area contributed by atoms with Gasteiger partial charge in [-0.15, -0.1) is 0 Å². The molecule has 8 nitrogen and oxygen atoms in total. The van der Waals surface area contributed by atoms with Crippen LogP contribution in [0.1, 0.15) is 18.9 Å². The van der Waals surface area contributed by atoms with Crippen LogP contribution in [0, 0.1) is 6.92 Å². The van der Waals surface area contributed by atoms with Crippen LogP contribution in [0.2, 0.25) is 0 Å². The highest BCUT2D eigenvalue weighted by molar-refractivity contribution is 5.84. The van der Waals surface area contributed by atoms with E-state index in [1.165, 1.54) is 11.3 Å². The van der Waals surface area contributed by atoms with E-state index in [9.17, 15) is 4.79 Å². The van der Waals surface area contributed by atoms with Crippen molar-refractivity contribution in [2.45, 2.75) is 20.3 Å². The van der Waals surface area contributed by atoms with Crippen molar-refractivity contribution in [3.8, 4) is 0 Å². The van der Waals surface area contributed by atoms with Gasteiger partial charge in [-0.3, -0.25) is 9.69 Å². The van der Waals surface area contributed by atoms with Gasteiger partial charge in [0.05, 0.1) is 13.2 Å². The molecule has 0 aromatic heterocycles. The van der Waals surface area contributed by atoms with Crippen molar-refractivity contribution in [2.24, 2.45) is 4.99 Å². The van der Waals surface area contributed by atoms with Crippen molar-refractivity contribution in [3.63, 3.8) is 0 Å². The van der Waals surface area contributed by atoms with E-state index in [1.54, 1.807) is 19.0 Å². The van der Waals surface area contributed by atoms with E-state index < -0.39 is 0 Å². The number of aryl methyl sites for hydroxylation is 1. The Bertz CT molecular complexity index is 688. The van der Waals surface area contributed by atoms with Gasteiger partial charge in [0.15, 0.2) is 5.96 Å². The molecule has 1 saturated heterocycles. The van der Waals surface area contributed by atoms with Crippen molar-refractivity contribution in [3.05, 3.63) is 29.8 Å². The summed E-state index contributed by atoms with van der Waals surface area (Å²) in [5.74, 6) is 0.682. The molecule has 0 spiro atoms. The van der Waals surface area contributed by atoms with E-state index in [1.807, 2.05) is 0 Å². The maximum absolute atomic E-state index is 12.0. The van der Waals surface area contributed by atoms with Gasteiger partial charge < -0.3 is 25.2 Å². The Morgan fingerprint density at radius 1 is 1.19 bits per heavy atom. The summed E-state index contributed by atoms with van der Waals surface area (Å²) in [7, 11) is 3.50. The highest BCUT2D eigenvalue weighted by Crippen LogP contribution is 2.14. The lowest BCUT2D eigenvalue weighted by atomic mass is 10.2. The van der Waals surface area contributed by atoms with Crippen LogP contribution >= 0.6 is 0 Å². The summed E-state index contributed by atoms with van der Waals surface area (Å²) in [6.45, 7) is 12.5. The Morgan fingerprint density at radius 2 is 1.94 bits per heavy atom. The summed E-state index contributed by atoms with van der Waals surface area (Å²) in [4.78, 5) is 22.8. The maximum atomic E-state index is 12.0. The Kier molecular flexibility index (Phi) is 11.2. The summed E-state index contributed by atoms with van der Waals surface area (Å²) in [6.07, 6.45) is 1.02. The number of guanidine groups is 1. The van der Waals surface area contributed by atoms with Crippen LogP contribution in [0.3, 0.4) is 0 Å². The van der Waals surface area contributed by atoms with E-state index in [2.05, 4.69) is 63.5 Å². The highest BCUT2D eigenvalue weighted by Gasteiger charge is 2.10. The molecule has 8 heteroatoms. The SMILES string of the molecule is CCN(CCNC(=NCC(=O)N(C)C)NCCCN1CCOCC1)c1cccc(C)c1. The van der Waals surface area contributed by atoms with Crippen LogP contribution < -0.4 is 15.5 Å². The van der Waals surface area contributed by atoms with Crippen molar-refractivity contribution < 1.29 is 9.53 Å². The second-order valence-corrected chi connectivity index (χ2v) is 8.03. The molecule has 1 amide bonds. The number of morpholine rings is 1. The molecule has 0 radical (unpaired) electrons. The number of hydrogen-bond donors (Lipinski definition) is 2. The number of benzene rings is 1. The number of aliphatic imine (C=N–C) groups is 1. The van der Waals surface area contributed by atoms with Gasteiger partial charge in [-0.25, -0.2) is 4.99 Å². The molecular weight excluding hydrogens is 392 g/mol. The molecule has 0 bridgehead atoms. The largest absolute Gasteiger partial charge is 0.379 e. The zero-order chi connectivity index (χ0) is 22.5. The molecule has 1 fully saturated rings. The molecular formula is C23H40N6O2. The average Bonchev–Trinajstić information content (AvgIpc) is 2.77. The molecule has 2 N–H and O–H groups in total. The van der Waals surface area contributed by atoms with Crippen LogP contribution in [-0.4, -0.2) is 101 Å². The topological polar surface area (TPSA) is 72.4 Å². The first-order valence-corrected chi connectivity index (χ1v) is 11.3. The number of carbonyl (C=O) groups excluding carboxylic acids is 1. The molecule has 1 aromatic carbocycles. The van der Waals surface area contributed by atoms with Crippen molar-refractivity contribution in [1.82, 2.24) is 20.4 Å². The number of nitrogens with one attached hydrogen (secondary N) is 2. The Morgan fingerprint density at radius 3 is 2.61 bits per heavy atom. The number of rotatable bonds is 11. The smallest absolute Gasteiger partial charge is 0.243 e. The first-order chi connectivity index (χ1) is 15.0. The fourth-order valence-corrected chi connectivity index (χ4v) is 3.40. The maximum Gasteiger partial charge on any atom is 0.243 e. The van der Waals surface area contributed by atoms with Crippen LogP contribution in [0.4, 0.5) is 5.69 Å². The Hall–Kier alpha value is -2.32. The normalized spacial score (nSPS) is 14.9. The molecule has 1 aliphatic heterocycles. The number of hydrogen-bond acceptors (Lipinski definition) is 5. The predicted octanol–water partition coefficient (Wildman–Crippen LogP) is 1.17. The van der Waals surface area contributed by atoms with Gasteiger partial charge >= 0.3 is 0 Å². The number of anilines is 1. The van der Waals surface area contributed by atoms with Gasteiger partial charge in [0.1, 0.15) is 6.54 Å². The summed E-state index contributed by atoms with van der Waals surface area (Å²) < 4.78 is 5.40. The molecule has 31 heavy (non-hydrogen) atoms. The van der Waals surface area contributed by atoms with Crippen molar-refractivity contribution in [2.75, 3.05) is 84.6 Å². The second-order valence-electron chi connectivity index (χ2n) is 8.03. The summed E-state index contributed by atoms with van der Waals surface area (Å²) in [5, 5.41) is 6.78. The molecule has 174 valence electrons. The number of likely N-dealkylation sites (N-methyl/N-ethyl adjacent to an activating group) is 2. The van der Waals surface area contributed by atoms with E-state index in [0.29, 0.717) is 5.96 Å². The molecule has 1 heterocycles. The third-order valence-corrected chi connectivity index (χ3v) is 5.34. The minimum Gasteiger partial charge on any atom is -0.379 e. The van der Waals surface area contributed by atoms with Gasteiger partial charge in [0.25, 0.3) is 0 Å². The first kappa shape index (κ1) is 24.9. The third-order valence-electron chi connectivity index (χ3n) is 5.34. The fraction of sp³-hybridized carbons (Fsp3) is 0.652. The minimum atomic E-state index is -0.00985. The second kappa shape index (κ2) is 13.9. The van der Waals surface area contributed by atoms with Gasteiger partial charge in [-0.1, -0.05) is 12.1 Å². The zero-order valence-corrected chi connectivity index (χ0v) is 19.7. The Balaban J connectivity index is 1.83. The predicted molar refractivity (Wildman–Crippen MR) is 128 cm³/mol. The van der Waals surface area contributed by atoms with E-state index in [0.717, 1.165) is 65.4 Å². The van der Waals surface area contributed by atoms with Crippen LogP contribution in [0.5, 0.6) is 0 Å². The van der Waals surface area contributed by atoms with Crippen LogP contribution in [-0.2, 0) is 9.53 Å². The van der Waals surface area contributed by atoms with Crippen molar-refractivity contribution in [1.29, 1.82) is 0 Å². The van der Waals surface area contributed by atoms with Crippen LogP contribution in [0.25, 0.3) is 0 Å². The molecule has 1 aliphatic rings. The van der Waals surface area contributed by atoms with E-state index in [-0.39, 0.29) is 12.5 Å². The minimum absolute atomic E-state index is 0.00985. The number of nitrogens with zero attached hydrogens (tertiary/aromatic N) is 4. The zero-order valence-electron chi connectivity index (χ0n) is 19.7. The molecule has 0 saturated carbocycles. The highest BCUT2D eigenvalue weighted by atomic mass is 16.5. The van der Waals surface area contributed by atoms with Crippen molar-refractivity contribution >= 4 is 17.6 Å². The average molecular weight is 433 g/mol. The molecule has 2 rings (SSSR count). The monoisotopic (exact) mass is 432 g/mol. The van der Waals surface area contributed by atoms with E-state index in [4.69, 9.17) is 4.74 Å². The number of carbonyl (C=O) groups is 1. The number of amides is 1. The molecule has 0 unspecified atom stereocenters. The summed E-state index contributed by atoms with van der Waals surface area (Å²) in [5.41, 5.74) is 2.49. The standard InChI is InChI=1S/C23H40N6O2/c1-5-29(21-9-6-8-20(2)18-21)13-11-25-23(26-19-22(30)27(3)4)24-10-7-12-28-14-16-31-17-15-28/h6,8-9,18H,5,7,10-17,19H2,1-4H3,(H2,24,25,26). The molecule has 0 atom stereocenters. The Labute approximate surface area is 187 Å². The summed E-state index contributed by atoms with van der Waals surface area (Å²) in [6, 6.07) is 8.56. The van der Waals surface area contributed by atoms with E-state index >= 15 is 0 Å². The molecule has 1 aromatic rings. The lowest BCUT2D eigenvalue weighted by Crippen LogP contribution is -2.43. The van der Waals surface area contributed by atoms with Gasteiger partial charge in [-0.2, -0.15) is 0 Å². The third kappa shape index (κ3) is 9.57. The lowest BCUT2D eigenvalue weighted by Gasteiger charge is -2.26. The van der Waals surface area contributed by atoms with Gasteiger partial charge in [-0.05, 0) is 44.5 Å². The molecule has 0 aliphatic carbocycles. The van der Waals surface area contributed by atoms with Gasteiger partial charge in [0.2, 0.25) is 5.91 Å². The van der Waals surface area contributed by atoms with Crippen LogP contribution in [0.15, 0.2) is 29.3 Å². The number of ether oxygens (including phenoxy) is 1. The van der Waals surface area contributed by atoms with Gasteiger partial charge in [0, 0.05) is 59.1 Å². The summed E-state index contributed by atoms with van der Waals surface area (Å²) >= 11 is 0.